The number of rotatable bonds is 3. The Hall–Kier alpha value is -1.67. The molecule has 1 aromatic rings. The summed E-state index contributed by atoms with van der Waals surface area (Å²) in [6.07, 6.45) is 1.90. The smallest absolute Gasteiger partial charge is 0.275 e. The van der Waals surface area contributed by atoms with Gasteiger partial charge in [-0.1, -0.05) is 37.3 Å². The second-order valence-electron chi connectivity index (χ2n) is 7.07. The van der Waals surface area contributed by atoms with Crippen molar-refractivity contribution in [1.82, 2.24) is 9.80 Å². The summed E-state index contributed by atoms with van der Waals surface area (Å²) in [6, 6.07) is 8.09. The third-order valence-electron chi connectivity index (χ3n) is 5.62. The van der Waals surface area contributed by atoms with E-state index in [1.807, 2.05) is 30.3 Å². The van der Waals surface area contributed by atoms with Crippen molar-refractivity contribution in [3.63, 3.8) is 0 Å². The van der Waals surface area contributed by atoms with Crippen molar-refractivity contribution in [2.24, 2.45) is 5.73 Å². The fourth-order valence-corrected chi connectivity index (χ4v) is 4.27. The fourth-order valence-electron chi connectivity index (χ4n) is 4.27. The average molecular weight is 382 g/mol. The van der Waals surface area contributed by atoms with Gasteiger partial charge in [-0.2, -0.15) is 0 Å². The van der Waals surface area contributed by atoms with Gasteiger partial charge in [0.15, 0.2) is 0 Å². The highest BCUT2D eigenvalue weighted by molar-refractivity contribution is 5.94. The number of amides is 2. The number of piperazine rings is 1. The highest BCUT2D eigenvalue weighted by Crippen LogP contribution is 2.45. The number of halogens is 1. The molecule has 26 heavy (non-hydrogen) atoms. The number of carbonyl (C=O) groups excluding carboxylic acids is 2. The Morgan fingerprint density at radius 2 is 2.00 bits per heavy atom. The lowest BCUT2D eigenvalue weighted by atomic mass is 9.96. The molecule has 3 saturated heterocycles. The number of fused-ring (bicyclic) bond motifs is 3. The number of hydrogen-bond acceptors (Lipinski definition) is 5. The van der Waals surface area contributed by atoms with Gasteiger partial charge >= 0.3 is 0 Å². The van der Waals surface area contributed by atoms with E-state index >= 15 is 0 Å². The summed E-state index contributed by atoms with van der Waals surface area (Å²) >= 11 is 0. The summed E-state index contributed by atoms with van der Waals surface area (Å²) in [5.74, 6) is -2.52. The topological polar surface area (TPSA) is 96.1 Å². The molecule has 4 atom stereocenters. The van der Waals surface area contributed by atoms with Gasteiger partial charge < -0.3 is 14.7 Å². The molecule has 0 spiro atoms. The first kappa shape index (κ1) is 19.1. The molecule has 0 bridgehead atoms. The summed E-state index contributed by atoms with van der Waals surface area (Å²) in [5, 5.41) is 11.3. The lowest BCUT2D eigenvalue weighted by Crippen LogP contribution is -2.71. The minimum absolute atomic E-state index is 0. The molecular weight excluding hydrogens is 358 g/mol. The van der Waals surface area contributed by atoms with Crippen LogP contribution in [0.5, 0.6) is 0 Å². The van der Waals surface area contributed by atoms with Gasteiger partial charge in [0.05, 0.1) is 0 Å². The third kappa shape index (κ3) is 2.53. The van der Waals surface area contributed by atoms with Crippen molar-refractivity contribution in [1.29, 1.82) is 0 Å². The van der Waals surface area contributed by atoms with E-state index in [2.05, 4.69) is 0 Å². The van der Waals surface area contributed by atoms with E-state index in [-0.39, 0.29) is 24.7 Å². The molecule has 3 N–H and O–H groups in total. The van der Waals surface area contributed by atoms with Gasteiger partial charge in [-0.3, -0.25) is 20.2 Å². The summed E-state index contributed by atoms with van der Waals surface area (Å²) < 4.78 is 5.75. The lowest BCUT2D eigenvalue weighted by Gasteiger charge is -2.48. The molecule has 3 heterocycles. The largest absolute Gasteiger partial charge is 0.347 e. The summed E-state index contributed by atoms with van der Waals surface area (Å²) in [5.41, 5.74) is 5.45. The molecule has 3 aliphatic heterocycles. The molecule has 0 aliphatic carbocycles. The van der Waals surface area contributed by atoms with Crippen LogP contribution >= 0.6 is 12.4 Å². The molecule has 3 aliphatic rings. The summed E-state index contributed by atoms with van der Waals surface area (Å²) in [7, 11) is 0. The Morgan fingerprint density at radius 1 is 1.31 bits per heavy atom. The molecule has 8 heteroatoms. The Labute approximate surface area is 158 Å². The van der Waals surface area contributed by atoms with Gasteiger partial charge in [0.25, 0.3) is 11.8 Å². The van der Waals surface area contributed by atoms with Gasteiger partial charge in [0.1, 0.15) is 12.1 Å². The Balaban J connectivity index is 0.00000196. The molecule has 1 aromatic carbocycles. The number of hydrogen-bond donors (Lipinski definition) is 2. The van der Waals surface area contributed by atoms with Crippen molar-refractivity contribution in [2.75, 3.05) is 6.54 Å². The zero-order chi connectivity index (χ0) is 17.8. The van der Waals surface area contributed by atoms with Crippen molar-refractivity contribution in [3.05, 3.63) is 35.9 Å². The Kier molecular flexibility index (Phi) is 4.77. The molecular formula is C18H24ClN3O4. The first-order chi connectivity index (χ1) is 11.9. The molecule has 0 saturated carbocycles. The highest BCUT2D eigenvalue weighted by Gasteiger charge is 2.69. The number of aliphatic hydroxyl groups is 1. The van der Waals surface area contributed by atoms with E-state index in [1.54, 1.807) is 11.8 Å². The molecule has 7 nitrogen and oxygen atoms in total. The van der Waals surface area contributed by atoms with Gasteiger partial charge in [-0.15, -0.1) is 12.4 Å². The zero-order valence-electron chi connectivity index (χ0n) is 14.6. The van der Waals surface area contributed by atoms with E-state index in [4.69, 9.17) is 10.5 Å². The van der Waals surface area contributed by atoms with Crippen LogP contribution in [-0.2, 0) is 20.7 Å². The standard InChI is InChI=1S/C18H23N3O4.ClH/c1-2-17(19)16(23)21-13(11-12-7-4-3-5-8-12)15(22)20-10-6-9-14(20)18(21,24)25-17;/h3-5,7-8,13-14,24H,2,6,9-11,19H2,1H3;1H. The average Bonchev–Trinajstić information content (AvgIpc) is 3.17. The van der Waals surface area contributed by atoms with Crippen LogP contribution in [-0.4, -0.2) is 57.0 Å². The van der Waals surface area contributed by atoms with Gasteiger partial charge in [0.2, 0.25) is 11.6 Å². The van der Waals surface area contributed by atoms with Crippen LogP contribution in [0, 0.1) is 0 Å². The van der Waals surface area contributed by atoms with E-state index in [0.717, 1.165) is 12.0 Å². The molecule has 0 aromatic heterocycles. The molecule has 142 valence electrons. The van der Waals surface area contributed by atoms with E-state index in [9.17, 15) is 14.7 Å². The van der Waals surface area contributed by atoms with Gasteiger partial charge in [-0.25, -0.2) is 0 Å². The molecule has 3 fully saturated rings. The number of carbonyl (C=O) groups is 2. The monoisotopic (exact) mass is 381 g/mol. The van der Waals surface area contributed by atoms with Crippen molar-refractivity contribution in [2.45, 2.75) is 56.3 Å². The second kappa shape index (κ2) is 6.49. The predicted octanol–water partition coefficient (Wildman–Crippen LogP) is 0.594. The number of ether oxygens (including phenoxy) is 1. The number of nitrogens with zero attached hydrogens (tertiary/aromatic N) is 2. The molecule has 0 radical (unpaired) electrons. The third-order valence-corrected chi connectivity index (χ3v) is 5.62. The van der Waals surface area contributed by atoms with Crippen LogP contribution < -0.4 is 5.73 Å². The lowest BCUT2D eigenvalue weighted by molar-refractivity contribution is -0.314. The van der Waals surface area contributed by atoms with Crippen LogP contribution in [0.15, 0.2) is 30.3 Å². The Bertz CT molecular complexity index is 718. The van der Waals surface area contributed by atoms with Crippen molar-refractivity contribution >= 4 is 24.2 Å². The maximum absolute atomic E-state index is 13.1. The molecule has 2 amide bonds. The summed E-state index contributed by atoms with van der Waals surface area (Å²) in [6.45, 7) is 2.30. The van der Waals surface area contributed by atoms with Crippen LogP contribution in [0.2, 0.25) is 0 Å². The molecule has 4 rings (SSSR count). The number of nitrogens with two attached hydrogens (primary N) is 1. The first-order valence-corrected chi connectivity index (χ1v) is 8.80. The fraction of sp³-hybridized carbons (Fsp3) is 0.556. The predicted molar refractivity (Wildman–Crippen MR) is 96.0 cm³/mol. The summed E-state index contributed by atoms with van der Waals surface area (Å²) in [4.78, 5) is 28.9. The first-order valence-electron chi connectivity index (χ1n) is 8.80. The van der Waals surface area contributed by atoms with Crippen LogP contribution in [0.25, 0.3) is 0 Å². The van der Waals surface area contributed by atoms with Crippen LogP contribution in [0.4, 0.5) is 0 Å². The zero-order valence-corrected chi connectivity index (χ0v) is 15.4. The van der Waals surface area contributed by atoms with Crippen LogP contribution in [0.3, 0.4) is 0 Å². The van der Waals surface area contributed by atoms with E-state index in [1.165, 1.54) is 4.90 Å². The quantitative estimate of drug-likeness (QED) is 0.799. The van der Waals surface area contributed by atoms with Crippen molar-refractivity contribution < 1.29 is 19.4 Å². The SMILES string of the molecule is CCC1(N)OC2(O)C3CCCN3C(=O)C(Cc3ccccc3)N2C1=O.Cl. The minimum atomic E-state index is -1.86. The van der Waals surface area contributed by atoms with Crippen molar-refractivity contribution in [3.8, 4) is 0 Å². The van der Waals surface area contributed by atoms with E-state index in [0.29, 0.717) is 19.4 Å². The maximum Gasteiger partial charge on any atom is 0.275 e. The maximum atomic E-state index is 13.1. The van der Waals surface area contributed by atoms with Gasteiger partial charge in [-0.05, 0) is 24.8 Å². The van der Waals surface area contributed by atoms with E-state index < -0.39 is 29.6 Å². The Morgan fingerprint density at radius 3 is 2.65 bits per heavy atom. The molecule has 4 unspecified atom stereocenters. The van der Waals surface area contributed by atoms with Gasteiger partial charge in [0, 0.05) is 13.0 Å². The second-order valence-corrected chi connectivity index (χ2v) is 7.07. The highest BCUT2D eigenvalue weighted by atomic mass is 35.5. The normalized spacial score (nSPS) is 36.0. The number of benzene rings is 1. The van der Waals surface area contributed by atoms with Crippen LogP contribution in [0.1, 0.15) is 31.7 Å². The minimum Gasteiger partial charge on any atom is -0.347 e.